The van der Waals surface area contributed by atoms with Crippen molar-refractivity contribution >= 4 is 28.4 Å². The molecule has 2 nitrogen and oxygen atoms in total. The van der Waals surface area contributed by atoms with E-state index in [1.807, 2.05) is 24.3 Å². The fourth-order valence-corrected chi connectivity index (χ4v) is 3.34. The summed E-state index contributed by atoms with van der Waals surface area (Å²) in [5.41, 5.74) is 0. The van der Waals surface area contributed by atoms with E-state index in [-0.39, 0.29) is 11.9 Å². The van der Waals surface area contributed by atoms with Crippen molar-refractivity contribution in [3.05, 3.63) is 27.8 Å². The molecule has 0 bridgehead atoms. The Kier molecular flexibility index (Phi) is 7.54. The van der Waals surface area contributed by atoms with Crippen molar-refractivity contribution in [2.24, 2.45) is 0 Å². The first-order valence-corrected chi connectivity index (χ1v) is 9.29. The van der Waals surface area contributed by atoms with Gasteiger partial charge < -0.3 is 4.74 Å². The third-order valence-corrected chi connectivity index (χ3v) is 5.00. The number of carbonyl (C=O) groups is 1. The average molecular weight is 400 g/mol. The molecule has 0 aromatic heterocycles. The third-order valence-electron chi connectivity index (χ3n) is 4.10. The van der Waals surface area contributed by atoms with E-state index in [4.69, 9.17) is 4.74 Å². The monoisotopic (exact) mass is 400 g/mol. The van der Waals surface area contributed by atoms with Crippen LogP contribution in [0.3, 0.4) is 0 Å². The summed E-state index contributed by atoms with van der Waals surface area (Å²) in [6, 6.07) is 7.95. The van der Waals surface area contributed by atoms with Gasteiger partial charge in [0.15, 0.2) is 11.9 Å². The lowest BCUT2D eigenvalue weighted by Gasteiger charge is -2.19. The molecule has 0 radical (unpaired) electrons. The summed E-state index contributed by atoms with van der Waals surface area (Å²) < 4.78 is 7.12. The highest BCUT2D eigenvalue weighted by atomic mass is 127. The standard InChI is InChI=1S/C18H25IO2/c19-15-11-9-10-13-17(15)21-18-14-8-6-4-2-1-3-5-7-12-16(18)20/h9-11,13,18H,1-8,12,14H2. The molecule has 2 rings (SSSR count). The first-order chi connectivity index (χ1) is 10.3. The zero-order chi connectivity index (χ0) is 14.9. The van der Waals surface area contributed by atoms with Crippen LogP contribution in [-0.4, -0.2) is 11.9 Å². The van der Waals surface area contributed by atoms with Crippen LogP contribution in [0.25, 0.3) is 0 Å². The summed E-state index contributed by atoms with van der Waals surface area (Å²) >= 11 is 2.27. The van der Waals surface area contributed by atoms with Crippen LogP contribution in [0, 0.1) is 3.57 Å². The van der Waals surface area contributed by atoms with Crippen LogP contribution in [0.2, 0.25) is 0 Å². The van der Waals surface area contributed by atoms with Crippen molar-refractivity contribution in [1.29, 1.82) is 0 Å². The molecule has 0 heterocycles. The van der Waals surface area contributed by atoms with Crippen molar-refractivity contribution < 1.29 is 9.53 Å². The second-order valence-electron chi connectivity index (χ2n) is 5.87. The number of rotatable bonds is 2. The Morgan fingerprint density at radius 3 is 2.24 bits per heavy atom. The fourth-order valence-electron chi connectivity index (χ4n) is 2.83. The molecule has 0 N–H and O–H groups in total. The van der Waals surface area contributed by atoms with Gasteiger partial charge >= 0.3 is 0 Å². The van der Waals surface area contributed by atoms with Crippen molar-refractivity contribution in [3.8, 4) is 5.75 Å². The summed E-state index contributed by atoms with van der Waals surface area (Å²) in [6.07, 6.45) is 11.1. The minimum absolute atomic E-state index is 0.250. The predicted octanol–water partition coefficient (Wildman–Crippen LogP) is 5.52. The lowest BCUT2D eigenvalue weighted by atomic mass is 9.98. The highest BCUT2D eigenvalue weighted by Crippen LogP contribution is 2.24. The molecule has 1 aromatic carbocycles. The van der Waals surface area contributed by atoms with E-state index in [1.165, 1.54) is 38.5 Å². The van der Waals surface area contributed by atoms with Gasteiger partial charge in [-0.05, 0) is 54.0 Å². The molecule has 21 heavy (non-hydrogen) atoms. The van der Waals surface area contributed by atoms with E-state index < -0.39 is 0 Å². The minimum Gasteiger partial charge on any atom is -0.482 e. The molecule has 0 aliphatic heterocycles. The molecule has 1 aliphatic rings. The Bertz CT molecular complexity index is 445. The van der Waals surface area contributed by atoms with Crippen LogP contribution >= 0.6 is 22.6 Å². The Labute approximate surface area is 141 Å². The van der Waals surface area contributed by atoms with Gasteiger partial charge in [-0.3, -0.25) is 4.79 Å². The molecule has 1 aliphatic carbocycles. The average Bonchev–Trinajstić information content (AvgIpc) is 2.48. The molecule has 0 spiro atoms. The molecule has 1 unspecified atom stereocenters. The molecule has 0 amide bonds. The van der Waals surface area contributed by atoms with Gasteiger partial charge in [0.25, 0.3) is 0 Å². The van der Waals surface area contributed by atoms with Crippen molar-refractivity contribution in [1.82, 2.24) is 0 Å². The van der Waals surface area contributed by atoms with Crippen LogP contribution in [0.15, 0.2) is 24.3 Å². The maximum absolute atomic E-state index is 12.4. The quantitative estimate of drug-likeness (QED) is 0.611. The molecule has 0 saturated heterocycles. The third kappa shape index (κ3) is 5.97. The highest BCUT2D eigenvalue weighted by Gasteiger charge is 2.20. The molecular weight excluding hydrogens is 375 g/mol. The highest BCUT2D eigenvalue weighted by molar-refractivity contribution is 14.1. The largest absolute Gasteiger partial charge is 0.482 e. The summed E-state index contributed by atoms with van der Waals surface area (Å²) in [5.74, 6) is 1.14. The minimum atomic E-state index is -0.250. The molecule has 1 saturated carbocycles. The number of hydrogen-bond donors (Lipinski definition) is 0. The predicted molar refractivity (Wildman–Crippen MR) is 94.8 cm³/mol. The molecule has 116 valence electrons. The van der Waals surface area contributed by atoms with E-state index in [1.54, 1.807) is 0 Å². The van der Waals surface area contributed by atoms with Crippen LogP contribution in [0.1, 0.15) is 64.2 Å². The van der Waals surface area contributed by atoms with Crippen LogP contribution in [-0.2, 0) is 4.79 Å². The lowest BCUT2D eigenvalue weighted by molar-refractivity contribution is -0.126. The number of para-hydroxylation sites is 1. The summed E-state index contributed by atoms with van der Waals surface area (Å²) in [6.45, 7) is 0. The van der Waals surface area contributed by atoms with Gasteiger partial charge in [-0.25, -0.2) is 0 Å². The molecule has 1 atom stereocenters. The van der Waals surface area contributed by atoms with Crippen molar-refractivity contribution in [2.75, 3.05) is 0 Å². The van der Waals surface area contributed by atoms with Crippen LogP contribution in [0.5, 0.6) is 5.75 Å². The second kappa shape index (κ2) is 9.44. The van der Waals surface area contributed by atoms with Crippen molar-refractivity contribution in [2.45, 2.75) is 70.3 Å². The number of carbonyl (C=O) groups excluding carboxylic acids is 1. The second-order valence-corrected chi connectivity index (χ2v) is 7.03. The molecular formula is C18H25IO2. The Hall–Kier alpha value is -0.580. The Morgan fingerprint density at radius 1 is 0.905 bits per heavy atom. The van der Waals surface area contributed by atoms with E-state index in [2.05, 4.69) is 22.6 Å². The maximum Gasteiger partial charge on any atom is 0.173 e. The first-order valence-electron chi connectivity index (χ1n) is 8.21. The van der Waals surface area contributed by atoms with Crippen LogP contribution < -0.4 is 4.74 Å². The van der Waals surface area contributed by atoms with E-state index in [9.17, 15) is 4.79 Å². The maximum atomic E-state index is 12.4. The van der Waals surface area contributed by atoms with Gasteiger partial charge in [0.05, 0.1) is 3.57 Å². The van der Waals surface area contributed by atoms with Gasteiger partial charge in [-0.15, -0.1) is 0 Å². The number of ketones is 1. The SMILES string of the molecule is O=C1CCCCCCCCCCC1Oc1ccccc1I. The van der Waals surface area contributed by atoms with E-state index in [0.29, 0.717) is 6.42 Å². The zero-order valence-corrected chi connectivity index (χ0v) is 14.8. The lowest BCUT2D eigenvalue weighted by Crippen LogP contribution is -2.27. The number of halogens is 1. The van der Waals surface area contributed by atoms with Gasteiger partial charge in [-0.1, -0.05) is 50.7 Å². The topological polar surface area (TPSA) is 26.3 Å². The summed E-state index contributed by atoms with van der Waals surface area (Å²) in [5, 5.41) is 0. The first kappa shape index (κ1) is 16.8. The zero-order valence-electron chi connectivity index (χ0n) is 12.7. The smallest absolute Gasteiger partial charge is 0.173 e. The summed E-state index contributed by atoms with van der Waals surface area (Å²) in [7, 11) is 0. The number of benzene rings is 1. The fraction of sp³-hybridized carbons (Fsp3) is 0.611. The Morgan fingerprint density at radius 2 is 1.52 bits per heavy atom. The molecule has 3 heteroatoms. The van der Waals surface area contributed by atoms with Crippen molar-refractivity contribution in [3.63, 3.8) is 0 Å². The van der Waals surface area contributed by atoms with E-state index in [0.717, 1.165) is 28.6 Å². The number of hydrogen-bond acceptors (Lipinski definition) is 2. The Balaban J connectivity index is 1.98. The van der Waals surface area contributed by atoms with Gasteiger partial charge in [-0.2, -0.15) is 0 Å². The van der Waals surface area contributed by atoms with Gasteiger partial charge in [0.1, 0.15) is 5.75 Å². The van der Waals surface area contributed by atoms with Gasteiger partial charge in [0, 0.05) is 6.42 Å². The van der Waals surface area contributed by atoms with Crippen LogP contribution in [0.4, 0.5) is 0 Å². The number of Topliss-reactive ketones (excluding diaryl/α,β-unsaturated/α-hetero) is 1. The summed E-state index contributed by atoms with van der Waals surface area (Å²) in [4.78, 5) is 12.4. The van der Waals surface area contributed by atoms with E-state index >= 15 is 0 Å². The normalized spacial score (nSPS) is 22.1. The van der Waals surface area contributed by atoms with Gasteiger partial charge in [0.2, 0.25) is 0 Å². The number of ether oxygens (including phenoxy) is 1. The molecule has 1 aromatic rings. The molecule has 1 fully saturated rings.